The van der Waals surface area contributed by atoms with Crippen LogP contribution in [0.4, 0.5) is 0 Å². The van der Waals surface area contributed by atoms with Gasteiger partial charge in [0.1, 0.15) is 22.4 Å². The molecule has 1 rings (SSSR count). The standard InChI is InChI=1S/C39H67N5O11/c1-36(2,3)52-32(48)25-42(26-33(49)53-37(4,5)6)22-20-41(24-29(45)40-18-14-13-15-19-44-30(46)16-17-31(44)47)21-23-43(27-34(50)54-38(7,8)9)28-35(51)55-39(10,11)12/h16-17H,13-15,18-28H2,1-12H3,(H,40,45). The zero-order chi connectivity index (χ0) is 42.2. The second-order valence-electron chi connectivity index (χ2n) is 17.6. The van der Waals surface area contributed by atoms with E-state index in [1.165, 1.54) is 17.1 Å². The van der Waals surface area contributed by atoms with Gasteiger partial charge in [-0.2, -0.15) is 0 Å². The maximum atomic E-state index is 13.2. The molecule has 0 fully saturated rings. The Hall–Kier alpha value is -3.89. The van der Waals surface area contributed by atoms with Crippen molar-refractivity contribution in [3.05, 3.63) is 12.2 Å². The molecular weight excluding hydrogens is 714 g/mol. The minimum atomic E-state index is -0.745. The van der Waals surface area contributed by atoms with Crippen molar-refractivity contribution in [3.63, 3.8) is 0 Å². The molecule has 0 spiro atoms. The summed E-state index contributed by atoms with van der Waals surface area (Å²) in [6.45, 7) is 21.5. The highest BCUT2D eigenvalue weighted by atomic mass is 16.6. The maximum absolute atomic E-state index is 13.2. The zero-order valence-corrected chi connectivity index (χ0v) is 35.3. The van der Waals surface area contributed by atoms with Crippen LogP contribution >= 0.6 is 0 Å². The molecule has 0 unspecified atom stereocenters. The quantitative estimate of drug-likeness (QED) is 0.0732. The van der Waals surface area contributed by atoms with Gasteiger partial charge in [0.25, 0.3) is 11.8 Å². The average molecular weight is 782 g/mol. The summed E-state index contributed by atoms with van der Waals surface area (Å²) in [6, 6.07) is 0. The first kappa shape index (κ1) is 49.1. The molecule has 0 aromatic carbocycles. The summed E-state index contributed by atoms with van der Waals surface area (Å²) in [4.78, 5) is 94.4. The molecule has 1 aliphatic rings. The number of ether oxygens (including phenoxy) is 4. The molecule has 0 aliphatic carbocycles. The predicted molar refractivity (Wildman–Crippen MR) is 205 cm³/mol. The van der Waals surface area contributed by atoms with Crippen LogP contribution in [0.5, 0.6) is 0 Å². The van der Waals surface area contributed by atoms with Crippen LogP contribution in [0.15, 0.2) is 12.2 Å². The van der Waals surface area contributed by atoms with Crippen molar-refractivity contribution in [2.24, 2.45) is 0 Å². The zero-order valence-electron chi connectivity index (χ0n) is 35.3. The Balaban J connectivity index is 3.12. The number of hydrogen-bond acceptors (Lipinski definition) is 14. The number of hydrogen-bond donors (Lipinski definition) is 1. The van der Waals surface area contributed by atoms with Crippen LogP contribution in [0.1, 0.15) is 102 Å². The van der Waals surface area contributed by atoms with E-state index in [4.69, 9.17) is 18.9 Å². The lowest BCUT2D eigenvalue weighted by molar-refractivity contribution is -0.162. The van der Waals surface area contributed by atoms with Crippen LogP contribution in [-0.4, -0.2) is 156 Å². The number of amides is 3. The van der Waals surface area contributed by atoms with Crippen molar-refractivity contribution >= 4 is 41.6 Å². The SMILES string of the molecule is CC(C)(C)OC(=O)CN(CCN(CCN(CC(=O)OC(C)(C)C)CC(=O)OC(C)(C)C)CC(=O)NCCCCCN1C(=O)C=CC1=O)CC(=O)OC(C)(C)C. The molecule has 314 valence electrons. The highest BCUT2D eigenvalue weighted by Gasteiger charge is 2.27. The van der Waals surface area contributed by atoms with Gasteiger partial charge in [0.15, 0.2) is 0 Å². The van der Waals surface area contributed by atoms with Crippen molar-refractivity contribution in [1.29, 1.82) is 0 Å². The number of nitrogens with one attached hydrogen (secondary N) is 1. The first-order valence-electron chi connectivity index (χ1n) is 19.0. The normalized spacial score (nSPS) is 13.8. The summed E-state index contributed by atoms with van der Waals surface area (Å²) in [6.07, 6.45) is 4.38. The van der Waals surface area contributed by atoms with Gasteiger partial charge in [-0.25, -0.2) is 0 Å². The van der Waals surface area contributed by atoms with E-state index < -0.39 is 46.3 Å². The van der Waals surface area contributed by atoms with Crippen molar-refractivity contribution in [2.75, 3.05) is 72.0 Å². The third-order valence-corrected chi connectivity index (χ3v) is 7.20. The highest BCUT2D eigenvalue weighted by molar-refractivity contribution is 6.12. The Bertz CT molecular complexity index is 1210. The molecule has 16 nitrogen and oxygen atoms in total. The maximum Gasteiger partial charge on any atom is 0.320 e. The lowest BCUT2D eigenvalue weighted by Gasteiger charge is -2.30. The molecule has 1 heterocycles. The topological polar surface area (TPSA) is 181 Å². The summed E-state index contributed by atoms with van der Waals surface area (Å²) in [7, 11) is 0. The first-order valence-corrected chi connectivity index (χ1v) is 19.0. The van der Waals surface area contributed by atoms with Crippen LogP contribution in [0.25, 0.3) is 0 Å². The number of carbonyl (C=O) groups is 7. The Morgan fingerprint density at radius 2 is 0.836 bits per heavy atom. The van der Waals surface area contributed by atoms with Gasteiger partial charge >= 0.3 is 23.9 Å². The third-order valence-electron chi connectivity index (χ3n) is 7.20. The van der Waals surface area contributed by atoms with Crippen LogP contribution in [0, 0.1) is 0 Å². The smallest absolute Gasteiger partial charge is 0.320 e. The third kappa shape index (κ3) is 25.0. The van der Waals surface area contributed by atoms with E-state index in [0.717, 1.165) is 0 Å². The lowest BCUT2D eigenvalue weighted by atomic mass is 10.2. The van der Waals surface area contributed by atoms with Crippen molar-refractivity contribution in [2.45, 2.75) is 125 Å². The minimum Gasteiger partial charge on any atom is -0.459 e. The number of unbranched alkanes of at least 4 members (excludes halogenated alkanes) is 2. The predicted octanol–water partition coefficient (Wildman–Crippen LogP) is 2.47. The molecule has 0 saturated carbocycles. The largest absolute Gasteiger partial charge is 0.459 e. The molecule has 16 heteroatoms. The molecule has 0 aromatic rings. The van der Waals surface area contributed by atoms with Gasteiger partial charge in [-0.1, -0.05) is 0 Å². The number of esters is 4. The molecule has 55 heavy (non-hydrogen) atoms. The van der Waals surface area contributed by atoms with Gasteiger partial charge in [0.05, 0.1) is 32.7 Å². The number of rotatable bonds is 22. The molecule has 1 N–H and O–H groups in total. The van der Waals surface area contributed by atoms with Gasteiger partial charge in [-0.05, 0) is 102 Å². The van der Waals surface area contributed by atoms with Gasteiger partial charge < -0.3 is 24.3 Å². The summed E-state index contributed by atoms with van der Waals surface area (Å²) in [5.74, 6) is -3.07. The lowest BCUT2D eigenvalue weighted by Crippen LogP contribution is -2.48. The van der Waals surface area contributed by atoms with Crippen LogP contribution in [-0.2, 0) is 52.5 Å². The van der Waals surface area contributed by atoms with E-state index in [2.05, 4.69) is 5.32 Å². The van der Waals surface area contributed by atoms with Gasteiger partial charge in [-0.3, -0.25) is 53.2 Å². The molecular formula is C39H67N5O11. The summed E-state index contributed by atoms with van der Waals surface area (Å²) >= 11 is 0. The summed E-state index contributed by atoms with van der Waals surface area (Å²) in [5, 5.41) is 2.90. The molecule has 0 bridgehead atoms. The van der Waals surface area contributed by atoms with E-state index >= 15 is 0 Å². The van der Waals surface area contributed by atoms with Crippen molar-refractivity contribution < 1.29 is 52.5 Å². The molecule has 1 aliphatic heterocycles. The fourth-order valence-corrected chi connectivity index (χ4v) is 5.20. The Kier molecular flexibility index (Phi) is 19.7. The highest BCUT2D eigenvalue weighted by Crippen LogP contribution is 2.12. The molecule has 0 radical (unpaired) electrons. The van der Waals surface area contributed by atoms with E-state index in [-0.39, 0.29) is 76.6 Å². The van der Waals surface area contributed by atoms with E-state index in [0.29, 0.717) is 32.4 Å². The number of imide groups is 1. The first-order chi connectivity index (χ1) is 25.1. The van der Waals surface area contributed by atoms with Gasteiger partial charge in [0, 0.05) is 51.4 Å². The van der Waals surface area contributed by atoms with Gasteiger partial charge in [0.2, 0.25) is 5.91 Å². The van der Waals surface area contributed by atoms with E-state index in [9.17, 15) is 33.6 Å². The average Bonchev–Trinajstić information content (AvgIpc) is 3.28. The van der Waals surface area contributed by atoms with E-state index in [1.807, 2.05) is 0 Å². The monoisotopic (exact) mass is 781 g/mol. The molecule has 3 amide bonds. The molecule has 0 aromatic heterocycles. The Labute approximate surface area is 327 Å². The van der Waals surface area contributed by atoms with E-state index in [1.54, 1.807) is 97.8 Å². The van der Waals surface area contributed by atoms with Crippen LogP contribution < -0.4 is 5.32 Å². The summed E-state index contributed by atoms with van der Waals surface area (Å²) in [5.41, 5.74) is -2.98. The fourth-order valence-electron chi connectivity index (χ4n) is 5.20. The van der Waals surface area contributed by atoms with Crippen LogP contribution in [0.3, 0.4) is 0 Å². The fraction of sp³-hybridized carbons (Fsp3) is 0.769. The molecule has 0 atom stereocenters. The Morgan fingerprint density at radius 3 is 1.16 bits per heavy atom. The number of nitrogens with zero attached hydrogens (tertiary/aromatic N) is 4. The van der Waals surface area contributed by atoms with Crippen molar-refractivity contribution in [1.82, 2.24) is 24.9 Å². The second-order valence-corrected chi connectivity index (χ2v) is 17.6. The second kappa shape index (κ2) is 22.0. The number of carbonyl (C=O) groups excluding carboxylic acids is 7. The molecule has 0 saturated heterocycles. The van der Waals surface area contributed by atoms with Crippen molar-refractivity contribution in [3.8, 4) is 0 Å². The minimum absolute atomic E-state index is 0.0676. The van der Waals surface area contributed by atoms with Gasteiger partial charge in [-0.15, -0.1) is 0 Å². The van der Waals surface area contributed by atoms with Crippen LogP contribution in [0.2, 0.25) is 0 Å². The summed E-state index contributed by atoms with van der Waals surface area (Å²) < 4.78 is 22.0. The Morgan fingerprint density at radius 1 is 0.509 bits per heavy atom.